The number of hydrogen-bond acceptors (Lipinski definition) is 4. The van der Waals surface area contributed by atoms with Crippen molar-refractivity contribution >= 4 is 27.7 Å². The van der Waals surface area contributed by atoms with Crippen LogP contribution in [0.2, 0.25) is 0 Å². The van der Waals surface area contributed by atoms with E-state index < -0.39 is 18.0 Å². The lowest BCUT2D eigenvalue weighted by atomic mass is 10.1. The van der Waals surface area contributed by atoms with Gasteiger partial charge < -0.3 is 5.11 Å². The van der Waals surface area contributed by atoms with Crippen LogP contribution in [-0.2, 0) is 6.18 Å². The summed E-state index contributed by atoms with van der Waals surface area (Å²) in [6.07, 6.45) is -4.25. The highest BCUT2D eigenvalue weighted by atomic mass is 79.9. The Hall–Kier alpha value is -1.12. The van der Waals surface area contributed by atoms with E-state index in [2.05, 4.69) is 25.9 Å². The quantitative estimate of drug-likeness (QED) is 0.642. The summed E-state index contributed by atoms with van der Waals surface area (Å²) in [6, 6.07) is 7.89. The van der Waals surface area contributed by atoms with Gasteiger partial charge in [0.25, 0.3) is 0 Å². The predicted molar refractivity (Wildman–Crippen MR) is 76.9 cm³/mol. The maximum absolute atomic E-state index is 12.5. The van der Waals surface area contributed by atoms with Crippen LogP contribution in [0.3, 0.4) is 0 Å². The van der Waals surface area contributed by atoms with Crippen molar-refractivity contribution in [2.75, 3.05) is 5.75 Å². The van der Waals surface area contributed by atoms with Crippen molar-refractivity contribution in [3.05, 3.63) is 52.3 Å². The topological polar surface area (TPSA) is 46.0 Å². The largest absolute Gasteiger partial charge is 0.433 e. The van der Waals surface area contributed by atoms with Crippen molar-refractivity contribution in [1.29, 1.82) is 0 Å². The van der Waals surface area contributed by atoms with E-state index in [-0.39, 0.29) is 10.9 Å². The van der Waals surface area contributed by atoms with E-state index in [0.29, 0.717) is 5.56 Å². The average Bonchev–Trinajstić information content (AvgIpc) is 2.44. The van der Waals surface area contributed by atoms with Crippen LogP contribution in [0.5, 0.6) is 0 Å². The number of alkyl halides is 3. The second-order valence-electron chi connectivity index (χ2n) is 4.10. The van der Waals surface area contributed by atoms with Crippen LogP contribution in [0.15, 0.2) is 46.2 Å². The SMILES string of the molecule is OC(CSc1nccc(C(F)(F)F)n1)c1cccc(Br)c1. The summed E-state index contributed by atoms with van der Waals surface area (Å²) in [5, 5.41) is 10.0. The Morgan fingerprint density at radius 3 is 2.71 bits per heavy atom. The lowest BCUT2D eigenvalue weighted by Gasteiger charge is -2.11. The third-order valence-corrected chi connectivity index (χ3v) is 3.96. The van der Waals surface area contributed by atoms with Crippen LogP contribution in [0.4, 0.5) is 13.2 Å². The molecule has 0 aliphatic heterocycles. The van der Waals surface area contributed by atoms with Crippen LogP contribution < -0.4 is 0 Å². The van der Waals surface area contributed by atoms with E-state index in [9.17, 15) is 18.3 Å². The molecule has 0 saturated heterocycles. The van der Waals surface area contributed by atoms with Gasteiger partial charge in [0.15, 0.2) is 5.16 Å². The Labute approximate surface area is 131 Å². The van der Waals surface area contributed by atoms with E-state index in [4.69, 9.17) is 0 Å². The van der Waals surface area contributed by atoms with Gasteiger partial charge in [0.2, 0.25) is 0 Å². The van der Waals surface area contributed by atoms with E-state index >= 15 is 0 Å². The molecule has 1 aromatic carbocycles. The van der Waals surface area contributed by atoms with Crippen LogP contribution in [0, 0.1) is 0 Å². The molecule has 0 aliphatic rings. The Bertz CT molecular complexity index is 624. The van der Waals surface area contributed by atoms with Crippen molar-refractivity contribution in [2.45, 2.75) is 17.4 Å². The Balaban J connectivity index is 2.03. The molecule has 0 saturated carbocycles. The minimum Gasteiger partial charge on any atom is -0.388 e. The van der Waals surface area contributed by atoms with Gasteiger partial charge >= 0.3 is 6.18 Å². The number of benzene rings is 1. The van der Waals surface area contributed by atoms with Crippen LogP contribution >= 0.6 is 27.7 Å². The van der Waals surface area contributed by atoms with Crippen molar-refractivity contribution < 1.29 is 18.3 Å². The predicted octanol–water partition coefficient (Wildman–Crippen LogP) is 4.08. The van der Waals surface area contributed by atoms with Crippen LogP contribution in [0.25, 0.3) is 0 Å². The molecular weight excluding hydrogens is 369 g/mol. The minimum absolute atomic E-state index is 0.0149. The molecule has 0 aliphatic carbocycles. The molecule has 2 rings (SSSR count). The third-order valence-electron chi connectivity index (χ3n) is 2.53. The van der Waals surface area contributed by atoms with E-state index in [1.807, 2.05) is 6.07 Å². The summed E-state index contributed by atoms with van der Waals surface area (Å²) in [4.78, 5) is 7.20. The molecule has 21 heavy (non-hydrogen) atoms. The molecule has 2 aromatic rings. The van der Waals surface area contributed by atoms with E-state index in [1.54, 1.807) is 18.2 Å². The molecule has 3 nitrogen and oxygen atoms in total. The first-order valence-electron chi connectivity index (χ1n) is 5.83. The summed E-state index contributed by atoms with van der Waals surface area (Å²) >= 11 is 4.26. The zero-order chi connectivity index (χ0) is 15.5. The normalized spacial score (nSPS) is 13.2. The van der Waals surface area contributed by atoms with Gasteiger partial charge in [0.1, 0.15) is 5.69 Å². The van der Waals surface area contributed by atoms with Gasteiger partial charge in [-0.05, 0) is 23.8 Å². The zero-order valence-electron chi connectivity index (χ0n) is 10.5. The monoisotopic (exact) mass is 378 g/mol. The highest BCUT2D eigenvalue weighted by Gasteiger charge is 2.32. The summed E-state index contributed by atoms with van der Waals surface area (Å²) in [6.45, 7) is 0. The molecule has 1 aromatic heterocycles. The van der Waals surface area contributed by atoms with Gasteiger partial charge in [0.05, 0.1) is 6.10 Å². The molecule has 0 spiro atoms. The molecule has 1 atom stereocenters. The summed E-state index contributed by atoms with van der Waals surface area (Å²) in [5.41, 5.74) is -0.319. The smallest absolute Gasteiger partial charge is 0.388 e. The minimum atomic E-state index is -4.50. The Kier molecular flexibility index (Phi) is 5.23. The van der Waals surface area contributed by atoms with Gasteiger partial charge in [0, 0.05) is 16.4 Å². The van der Waals surface area contributed by atoms with Gasteiger partial charge in [-0.25, -0.2) is 9.97 Å². The molecule has 1 heterocycles. The molecule has 0 bridgehead atoms. The number of aromatic nitrogens is 2. The van der Waals surface area contributed by atoms with E-state index in [0.717, 1.165) is 28.5 Å². The molecule has 8 heteroatoms. The number of thioether (sulfide) groups is 1. The third kappa shape index (κ3) is 4.69. The van der Waals surface area contributed by atoms with Crippen molar-refractivity contribution in [1.82, 2.24) is 9.97 Å². The number of hydrogen-bond donors (Lipinski definition) is 1. The van der Waals surface area contributed by atoms with Crippen molar-refractivity contribution in [3.8, 4) is 0 Å². The number of rotatable bonds is 4. The van der Waals surface area contributed by atoms with Gasteiger partial charge in [-0.1, -0.05) is 39.8 Å². The lowest BCUT2D eigenvalue weighted by molar-refractivity contribution is -0.141. The Morgan fingerprint density at radius 2 is 2.05 bits per heavy atom. The average molecular weight is 379 g/mol. The second-order valence-corrected chi connectivity index (χ2v) is 6.01. The zero-order valence-corrected chi connectivity index (χ0v) is 12.9. The van der Waals surface area contributed by atoms with Gasteiger partial charge in [-0.2, -0.15) is 13.2 Å². The standard InChI is InChI=1S/C13H10BrF3N2OS/c14-9-3-1-2-8(6-9)10(20)7-21-12-18-5-4-11(19-12)13(15,16)17/h1-6,10,20H,7H2. The lowest BCUT2D eigenvalue weighted by Crippen LogP contribution is -2.09. The first kappa shape index (κ1) is 16.3. The molecule has 1 unspecified atom stereocenters. The highest BCUT2D eigenvalue weighted by Crippen LogP contribution is 2.29. The number of halogens is 4. The molecule has 0 radical (unpaired) electrons. The molecular formula is C13H10BrF3N2OS. The maximum atomic E-state index is 12.5. The molecule has 1 N–H and O–H groups in total. The van der Waals surface area contributed by atoms with Crippen molar-refractivity contribution in [3.63, 3.8) is 0 Å². The molecule has 112 valence electrons. The van der Waals surface area contributed by atoms with Crippen LogP contribution in [-0.4, -0.2) is 20.8 Å². The summed E-state index contributed by atoms with van der Waals surface area (Å²) in [5.74, 6) is 0.164. The second kappa shape index (κ2) is 6.76. The number of nitrogens with zero attached hydrogens (tertiary/aromatic N) is 2. The summed E-state index contributed by atoms with van der Waals surface area (Å²) in [7, 11) is 0. The number of aliphatic hydroxyl groups excluding tert-OH is 1. The molecule has 0 amide bonds. The number of aliphatic hydroxyl groups is 1. The van der Waals surface area contributed by atoms with Crippen molar-refractivity contribution in [2.24, 2.45) is 0 Å². The fourth-order valence-electron chi connectivity index (χ4n) is 1.53. The fourth-order valence-corrected chi connectivity index (χ4v) is 2.75. The van der Waals surface area contributed by atoms with Gasteiger partial charge in [-0.15, -0.1) is 0 Å². The van der Waals surface area contributed by atoms with Gasteiger partial charge in [-0.3, -0.25) is 0 Å². The van der Waals surface area contributed by atoms with E-state index in [1.165, 1.54) is 0 Å². The first-order chi connectivity index (χ1) is 9.86. The highest BCUT2D eigenvalue weighted by molar-refractivity contribution is 9.10. The first-order valence-corrected chi connectivity index (χ1v) is 7.60. The van der Waals surface area contributed by atoms with Crippen LogP contribution in [0.1, 0.15) is 17.4 Å². The maximum Gasteiger partial charge on any atom is 0.433 e. The summed E-state index contributed by atoms with van der Waals surface area (Å²) < 4.78 is 38.4. The molecule has 0 fully saturated rings. The fraction of sp³-hybridized carbons (Fsp3) is 0.231. The Morgan fingerprint density at radius 1 is 1.29 bits per heavy atom.